The third-order valence-corrected chi connectivity index (χ3v) is 6.86. The van der Waals surface area contributed by atoms with Gasteiger partial charge in [0, 0.05) is 38.6 Å². The Balaban J connectivity index is 1.75. The van der Waals surface area contributed by atoms with Crippen molar-refractivity contribution in [1.29, 1.82) is 0 Å². The number of anilines is 1. The zero-order chi connectivity index (χ0) is 18.9. The molecule has 0 radical (unpaired) electrons. The number of nitrogens with zero attached hydrogens (tertiary/aromatic N) is 4. The minimum absolute atomic E-state index is 0.0139. The Hall–Kier alpha value is -1.94. The lowest BCUT2D eigenvalue weighted by Crippen LogP contribution is -2.50. The normalized spacial score (nSPS) is 15.8. The Morgan fingerprint density at radius 1 is 1.08 bits per heavy atom. The second kappa shape index (κ2) is 7.36. The average Bonchev–Trinajstić information content (AvgIpc) is 2.64. The number of sulfonamides is 1. The summed E-state index contributed by atoms with van der Waals surface area (Å²) in [4.78, 5) is 21.7. The van der Waals surface area contributed by atoms with Gasteiger partial charge in [0.2, 0.25) is 10.0 Å². The lowest BCUT2D eigenvalue weighted by atomic mass is 10.3. The maximum Gasteiger partial charge on any atom is 0.276 e. The topological polar surface area (TPSA) is 109 Å². The molecule has 2 N–H and O–H groups in total. The molecule has 1 fully saturated rings. The van der Waals surface area contributed by atoms with E-state index in [4.69, 9.17) is 28.9 Å². The molecule has 1 aromatic heterocycles. The molecule has 0 spiro atoms. The quantitative estimate of drug-likeness (QED) is 0.813. The maximum absolute atomic E-state index is 12.8. The monoisotopic (exact) mass is 415 g/mol. The lowest BCUT2D eigenvalue weighted by molar-refractivity contribution is 0.0692. The fourth-order valence-electron chi connectivity index (χ4n) is 2.62. The first-order chi connectivity index (χ1) is 12.3. The van der Waals surface area contributed by atoms with Gasteiger partial charge in [0.05, 0.1) is 10.0 Å². The predicted octanol–water partition coefficient (Wildman–Crippen LogP) is 1.51. The van der Waals surface area contributed by atoms with Crippen LogP contribution in [0.3, 0.4) is 0 Å². The fourth-order valence-corrected chi connectivity index (χ4v) is 4.78. The number of halogens is 2. The first-order valence-corrected chi connectivity index (χ1v) is 9.82. The number of amides is 1. The summed E-state index contributed by atoms with van der Waals surface area (Å²) in [6, 6.07) is 4.45. The van der Waals surface area contributed by atoms with E-state index in [-0.39, 0.29) is 58.5 Å². The largest absolute Gasteiger partial charge is 0.382 e. The summed E-state index contributed by atoms with van der Waals surface area (Å²) in [5, 5.41) is 0.152. The van der Waals surface area contributed by atoms with Crippen LogP contribution in [-0.4, -0.2) is 59.7 Å². The Morgan fingerprint density at radius 2 is 1.73 bits per heavy atom. The van der Waals surface area contributed by atoms with Gasteiger partial charge < -0.3 is 10.6 Å². The molecular weight excluding hydrogens is 401 g/mol. The van der Waals surface area contributed by atoms with Crippen molar-refractivity contribution in [2.75, 3.05) is 31.9 Å². The number of nitrogen functional groups attached to an aromatic ring is 1. The number of rotatable bonds is 3. The smallest absolute Gasteiger partial charge is 0.276 e. The molecule has 0 bridgehead atoms. The van der Waals surface area contributed by atoms with Crippen molar-refractivity contribution < 1.29 is 13.2 Å². The first kappa shape index (κ1) is 18.8. The lowest BCUT2D eigenvalue weighted by Gasteiger charge is -2.34. The molecule has 1 aliphatic heterocycles. The number of hydrogen-bond acceptors (Lipinski definition) is 6. The third kappa shape index (κ3) is 3.48. The number of benzene rings is 1. The molecule has 138 valence electrons. The SMILES string of the molecule is Nc1nccnc1C(=O)N1CCN(S(=O)(=O)c2cccc(Cl)c2Cl)CC1. The van der Waals surface area contributed by atoms with Gasteiger partial charge >= 0.3 is 0 Å². The average molecular weight is 416 g/mol. The second-order valence-electron chi connectivity index (χ2n) is 5.54. The van der Waals surface area contributed by atoms with E-state index in [1.54, 1.807) is 0 Å². The van der Waals surface area contributed by atoms with Gasteiger partial charge in [0.1, 0.15) is 4.90 Å². The zero-order valence-electron chi connectivity index (χ0n) is 13.5. The van der Waals surface area contributed by atoms with Crippen LogP contribution in [0.25, 0.3) is 0 Å². The summed E-state index contributed by atoms with van der Waals surface area (Å²) in [7, 11) is -3.81. The van der Waals surface area contributed by atoms with Gasteiger partial charge in [-0.05, 0) is 12.1 Å². The second-order valence-corrected chi connectivity index (χ2v) is 8.23. The van der Waals surface area contributed by atoms with Crippen molar-refractivity contribution in [2.45, 2.75) is 4.90 Å². The van der Waals surface area contributed by atoms with E-state index in [0.29, 0.717) is 0 Å². The molecule has 8 nitrogen and oxygen atoms in total. The molecule has 2 aromatic rings. The van der Waals surface area contributed by atoms with Crippen molar-refractivity contribution in [3.05, 3.63) is 46.3 Å². The number of carbonyl (C=O) groups is 1. The van der Waals surface area contributed by atoms with Crippen molar-refractivity contribution in [3.63, 3.8) is 0 Å². The fraction of sp³-hybridized carbons (Fsp3) is 0.267. The number of hydrogen-bond donors (Lipinski definition) is 1. The van der Waals surface area contributed by atoms with Gasteiger partial charge in [-0.1, -0.05) is 29.3 Å². The molecule has 0 atom stereocenters. The molecule has 1 amide bonds. The van der Waals surface area contributed by atoms with E-state index in [1.807, 2.05) is 0 Å². The Labute approximate surface area is 160 Å². The Morgan fingerprint density at radius 3 is 2.38 bits per heavy atom. The van der Waals surface area contributed by atoms with Gasteiger partial charge in [-0.15, -0.1) is 0 Å². The molecule has 1 aromatic carbocycles. The van der Waals surface area contributed by atoms with Crippen LogP contribution in [0, 0.1) is 0 Å². The van der Waals surface area contributed by atoms with Crippen LogP contribution in [0.5, 0.6) is 0 Å². The molecular formula is C15H15Cl2N5O3S. The van der Waals surface area contributed by atoms with Crippen LogP contribution in [-0.2, 0) is 10.0 Å². The van der Waals surface area contributed by atoms with Gasteiger partial charge in [-0.3, -0.25) is 4.79 Å². The highest BCUT2D eigenvalue weighted by atomic mass is 35.5. The van der Waals surface area contributed by atoms with Crippen molar-refractivity contribution in [1.82, 2.24) is 19.2 Å². The van der Waals surface area contributed by atoms with E-state index in [9.17, 15) is 13.2 Å². The Bertz CT molecular complexity index is 946. The summed E-state index contributed by atoms with van der Waals surface area (Å²) in [6.07, 6.45) is 2.77. The molecule has 26 heavy (non-hydrogen) atoms. The molecule has 11 heteroatoms. The molecule has 0 unspecified atom stereocenters. The van der Waals surface area contributed by atoms with E-state index >= 15 is 0 Å². The van der Waals surface area contributed by atoms with Crippen LogP contribution in [0.2, 0.25) is 10.0 Å². The zero-order valence-corrected chi connectivity index (χ0v) is 15.8. The molecule has 1 aliphatic rings. The molecule has 2 heterocycles. The summed E-state index contributed by atoms with van der Waals surface area (Å²) in [5.41, 5.74) is 5.73. The summed E-state index contributed by atoms with van der Waals surface area (Å²) in [5.74, 6) is -0.341. The summed E-state index contributed by atoms with van der Waals surface area (Å²) in [6.45, 7) is 0.646. The molecule has 3 rings (SSSR count). The predicted molar refractivity (Wildman–Crippen MR) is 97.6 cm³/mol. The van der Waals surface area contributed by atoms with E-state index < -0.39 is 10.0 Å². The number of nitrogens with two attached hydrogens (primary N) is 1. The highest BCUT2D eigenvalue weighted by molar-refractivity contribution is 7.89. The van der Waals surface area contributed by atoms with Gasteiger partial charge in [-0.25, -0.2) is 18.4 Å². The van der Waals surface area contributed by atoms with Crippen LogP contribution < -0.4 is 5.73 Å². The van der Waals surface area contributed by atoms with Crippen LogP contribution in [0.4, 0.5) is 5.82 Å². The highest BCUT2D eigenvalue weighted by Crippen LogP contribution is 2.31. The standard InChI is InChI=1S/C15H15Cl2N5O3S/c16-10-2-1-3-11(12(10)17)26(24,25)22-8-6-21(7-9-22)15(23)13-14(18)20-5-4-19-13/h1-5H,6-9H2,(H2,18,20). The maximum atomic E-state index is 12.8. The number of carbonyl (C=O) groups excluding carboxylic acids is 1. The highest BCUT2D eigenvalue weighted by Gasteiger charge is 2.32. The minimum atomic E-state index is -3.81. The Kier molecular flexibility index (Phi) is 5.33. The van der Waals surface area contributed by atoms with Crippen molar-refractivity contribution in [3.8, 4) is 0 Å². The molecule has 0 saturated carbocycles. The van der Waals surface area contributed by atoms with E-state index in [0.717, 1.165) is 0 Å². The van der Waals surface area contributed by atoms with Crippen LogP contribution in [0.15, 0.2) is 35.5 Å². The van der Waals surface area contributed by atoms with Crippen molar-refractivity contribution in [2.24, 2.45) is 0 Å². The number of piperazine rings is 1. The summed E-state index contributed by atoms with van der Waals surface area (Å²) < 4.78 is 26.9. The van der Waals surface area contributed by atoms with E-state index in [2.05, 4.69) is 9.97 Å². The van der Waals surface area contributed by atoms with Crippen LogP contribution >= 0.6 is 23.2 Å². The number of aromatic nitrogens is 2. The van der Waals surface area contributed by atoms with Crippen molar-refractivity contribution >= 4 is 45.0 Å². The van der Waals surface area contributed by atoms with Gasteiger partial charge in [-0.2, -0.15) is 4.31 Å². The minimum Gasteiger partial charge on any atom is -0.382 e. The summed E-state index contributed by atoms with van der Waals surface area (Å²) >= 11 is 12.0. The van der Waals surface area contributed by atoms with Crippen LogP contribution in [0.1, 0.15) is 10.5 Å². The van der Waals surface area contributed by atoms with Gasteiger partial charge in [0.25, 0.3) is 5.91 Å². The molecule has 0 aliphatic carbocycles. The van der Waals surface area contributed by atoms with E-state index in [1.165, 1.54) is 39.8 Å². The first-order valence-electron chi connectivity index (χ1n) is 7.62. The third-order valence-electron chi connectivity index (χ3n) is 3.99. The van der Waals surface area contributed by atoms with Gasteiger partial charge in [0.15, 0.2) is 11.5 Å². The molecule has 1 saturated heterocycles.